The number of carbonyl (C=O) groups is 2. The molecule has 2 aromatic carbocycles. The predicted octanol–water partition coefficient (Wildman–Crippen LogP) is 4.64. The van der Waals surface area contributed by atoms with Gasteiger partial charge in [0.2, 0.25) is 11.8 Å². The summed E-state index contributed by atoms with van der Waals surface area (Å²) >= 11 is 17.8. The first-order chi connectivity index (χ1) is 11.4. The molecule has 1 fully saturated rings. The van der Waals surface area contributed by atoms with Crippen molar-refractivity contribution in [2.24, 2.45) is 5.92 Å². The van der Waals surface area contributed by atoms with Crippen LogP contribution in [0.15, 0.2) is 42.5 Å². The van der Waals surface area contributed by atoms with Crippen LogP contribution in [0, 0.1) is 5.92 Å². The summed E-state index contributed by atoms with van der Waals surface area (Å²) in [5, 5.41) is 4.16. The van der Waals surface area contributed by atoms with Crippen molar-refractivity contribution in [2.75, 3.05) is 16.8 Å². The monoisotopic (exact) mass is 382 g/mol. The van der Waals surface area contributed by atoms with Crippen molar-refractivity contribution in [1.82, 2.24) is 0 Å². The Kier molecular flexibility index (Phi) is 4.99. The van der Waals surface area contributed by atoms with E-state index in [9.17, 15) is 9.59 Å². The van der Waals surface area contributed by atoms with Gasteiger partial charge in [0.05, 0.1) is 5.92 Å². The molecule has 4 nitrogen and oxygen atoms in total. The molecule has 0 spiro atoms. The molecule has 2 amide bonds. The Labute approximate surface area is 154 Å². The molecule has 1 aliphatic heterocycles. The first-order valence-electron chi connectivity index (χ1n) is 7.25. The molecule has 0 aromatic heterocycles. The fourth-order valence-electron chi connectivity index (χ4n) is 2.65. The molecule has 7 heteroatoms. The summed E-state index contributed by atoms with van der Waals surface area (Å²) in [6.07, 6.45) is 0.145. The average molecular weight is 384 g/mol. The Hall–Kier alpha value is -1.75. The maximum Gasteiger partial charge on any atom is 0.229 e. The summed E-state index contributed by atoms with van der Waals surface area (Å²) in [5.41, 5.74) is 1.19. The van der Waals surface area contributed by atoms with Crippen LogP contribution in [0.3, 0.4) is 0 Å². The Morgan fingerprint density at radius 3 is 2.42 bits per heavy atom. The molecule has 24 heavy (non-hydrogen) atoms. The van der Waals surface area contributed by atoms with Crippen molar-refractivity contribution in [3.05, 3.63) is 57.5 Å². The van der Waals surface area contributed by atoms with E-state index in [0.29, 0.717) is 33.0 Å². The molecule has 0 bridgehead atoms. The van der Waals surface area contributed by atoms with Crippen LogP contribution in [-0.2, 0) is 9.59 Å². The first kappa shape index (κ1) is 17.1. The van der Waals surface area contributed by atoms with Gasteiger partial charge in [-0.2, -0.15) is 0 Å². The Morgan fingerprint density at radius 1 is 1.04 bits per heavy atom. The predicted molar refractivity (Wildman–Crippen MR) is 97.0 cm³/mol. The molecule has 1 atom stereocenters. The van der Waals surface area contributed by atoms with Crippen LogP contribution >= 0.6 is 34.8 Å². The van der Waals surface area contributed by atoms with Crippen LogP contribution in [0.2, 0.25) is 15.1 Å². The minimum absolute atomic E-state index is 0.110. The molecule has 1 aliphatic rings. The largest absolute Gasteiger partial charge is 0.326 e. The van der Waals surface area contributed by atoms with E-state index in [4.69, 9.17) is 34.8 Å². The highest BCUT2D eigenvalue weighted by atomic mass is 35.5. The van der Waals surface area contributed by atoms with Crippen LogP contribution in [0.1, 0.15) is 6.42 Å². The van der Waals surface area contributed by atoms with E-state index < -0.39 is 5.92 Å². The van der Waals surface area contributed by atoms with Gasteiger partial charge >= 0.3 is 0 Å². The molecular formula is C17H13Cl3N2O2. The van der Waals surface area contributed by atoms with Gasteiger partial charge in [0.25, 0.3) is 0 Å². The van der Waals surface area contributed by atoms with E-state index in [2.05, 4.69) is 5.32 Å². The highest BCUT2D eigenvalue weighted by molar-refractivity contribution is 6.35. The number of rotatable bonds is 3. The summed E-state index contributed by atoms with van der Waals surface area (Å²) in [6, 6.07) is 11.8. The number of amides is 2. The van der Waals surface area contributed by atoms with Crippen LogP contribution in [0.25, 0.3) is 0 Å². The Bertz CT molecular complexity index is 790. The summed E-state index contributed by atoms with van der Waals surface area (Å²) in [7, 11) is 0. The number of hydrogen-bond donors (Lipinski definition) is 1. The van der Waals surface area contributed by atoms with Crippen molar-refractivity contribution < 1.29 is 9.59 Å². The van der Waals surface area contributed by atoms with Gasteiger partial charge in [0.15, 0.2) is 0 Å². The van der Waals surface area contributed by atoms with Crippen molar-refractivity contribution in [3.63, 3.8) is 0 Å². The van der Waals surface area contributed by atoms with E-state index in [1.165, 1.54) is 0 Å². The summed E-state index contributed by atoms with van der Waals surface area (Å²) < 4.78 is 0. The van der Waals surface area contributed by atoms with E-state index in [-0.39, 0.29) is 18.2 Å². The fraction of sp³-hybridized carbons (Fsp3) is 0.176. The third kappa shape index (κ3) is 3.83. The zero-order valence-corrected chi connectivity index (χ0v) is 14.7. The second-order valence-corrected chi connectivity index (χ2v) is 6.84. The van der Waals surface area contributed by atoms with Gasteiger partial charge in [0, 0.05) is 39.4 Å². The number of halogens is 3. The molecule has 1 N–H and O–H groups in total. The zero-order chi connectivity index (χ0) is 17.3. The number of nitrogens with zero attached hydrogens (tertiary/aromatic N) is 1. The zero-order valence-electron chi connectivity index (χ0n) is 12.4. The normalized spacial score (nSPS) is 17.2. The van der Waals surface area contributed by atoms with Gasteiger partial charge in [-0.3, -0.25) is 9.59 Å². The topological polar surface area (TPSA) is 49.4 Å². The number of carbonyl (C=O) groups excluding carboxylic acids is 2. The van der Waals surface area contributed by atoms with Gasteiger partial charge in [0.1, 0.15) is 0 Å². The molecule has 0 radical (unpaired) electrons. The lowest BCUT2D eigenvalue weighted by Gasteiger charge is -2.17. The van der Waals surface area contributed by atoms with Crippen LogP contribution in [0.4, 0.5) is 11.4 Å². The lowest BCUT2D eigenvalue weighted by Crippen LogP contribution is -2.28. The van der Waals surface area contributed by atoms with Gasteiger partial charge in [-0.1, -0.05) is 40.9 Å². The maximum absolute atomic E-state index is 12.4. The second kappa shape index (κ2) is 7.01. The van der Waals surface area contributed by atoms with Crippen molar-refractivity contribution in [3.8, 4) is 0 Å². The average Bonchev–Trinajstić information content (AvgIpc) is 2.88. The van der Waals surface area contributed by atoms with Crippen LogP contribution in [0.5, 0.6) is 0 Å². The lowest BCUT2D eigenvalue weighted by atomic mass is 10.1. The minimum atomic E-state index is -0.450. The second-order valence-electron chi connectivity index (χ2n) is 5.53. The molecule has 0 aliphatic carbocycles. The van der Waals surface area contributed by atoms with Crippen molar-refractivity contribution >= 4 is 58.0 Å². The SMILES string of the molecule is O=C(Nc1cc(Cl)cc(Cl)c1)[C@@H]1CC(=O)N(c2cccc(Cl)c2)C1. The third-order valence-corrected chi connectivity index (χ3v) is 4.42. The van der Waals surface area contributed by atoms with Crippen molar-refractivity contribution in [1.29, 1.82) is 0 Å². The molecule has 2 aromatic rings. The van der Waals surface area contributed by atoms with Gasteiger partial charge in [-0.15, -0.1) is 0 Å². The third-order valence-electron chi connectivity index (χ3n) is 3.75. The summed E-state index contributed by atoms with van der Waals surface area (Å²) in [5.74, 6) is -0.804. The number of benzene rings is 2. The van der Waals surface area contributed by atoms with E-state index in [0.717, 1.165) is 0 Å². The minimum Gasteiger partial charge on any atom is -0.326 e. The quantitative estimate of drug-likeness (QED) is 0.839. The van der Waals surface area contributed by atoms with E-state index in [1.807, 2.05) is 0 Å². The number of nitrogens with one attached hydrogen (secondary N) is 1. The Morgan fingerprint density at radius 2 is 1.75 bits per heavy atom. The van der Waals surface area contributed by atoms with E-state index in [1.54, 1.807) is 47.4 Å². The molecule has 0 unspecified atom stereocenters. The van der Waals surface area contributed by atoms with Gasteiger partial charge in [-0.25, -0.2) is 0 Å². The summed E-state index contributed by atoms with van der Waals surface area (Å²) in [6.45, 7) is 0.305. The highest BCUT2D eigenvalue weighted by Gasteiger charge is 2.35. The Balaban J connectivity index is 1.72. The van der Waals surface area contributed by atoms with Crippen molar-refractivity contribution in [2.45, 2.75) is 6.42 Å². The molecule has 0 saturated carbocycles. The van der Waals surface area contributed by atoms with Crippen LogP contribution < -0.4 is 10.2 Å². The molecule has 3 rings (SSSR count). The maximum atomic E-state index is 12.4. The smallest absolute Gasteiger partial charge is 0.229 e. The van der Waals surface area contributed by atoms with Gasteiger partial charge in [-0.05, 0) is 36.4 Å². The van der Waals surface area contributed by atoms with Crippen LogP contribution in [-0.4, -0.2) is 18.4 Å². The lowest BCUT2D eigenvalue weighted by molar-refractivity contribution is -0.122. The first-order valence-corrected chi connectivity index (χ1v) is 8.38. The number of hydrogen-bond acceptors (Lipinski definition) is 2. The van der Waals surface area contributed by atoms with Gasteiger partial charge < -0.3 is 10.2 Å². The number of anilines is 2. The molecule has 124 valence electrons. The molecular weight excluding hydrogens is 371 g/mol. The standard InChI is InChI=1S/C17H13Cl3N2O2/c18-11-2-1-3-15(8-11)22-9-10(4-16(22)23)17(24)21-14-6-12(19)5-13(20)7-14/h1-3,5-8,10H,4,9H2,(H,21,24)/t10-/m1/s1. The molecule has 1 heterocycles. The highest BCUT2D eigenvalue weighted by Crippen LogP contribution is 2.28. The fourth-order valence-corrected chi connectivity index (χ4v) is 3.36. The summed E-state index contributed by atoms with van der Waals surface area (Å²) in [4.78, 5) is 26.2. The molecule has 1 saturated heterocycles. The van der Waals surface area contributed by atoms with E-state index >= 15 is 0 Å².